The number of nitrogens with zero attached hydrogens (tertiary/aromatic N) is 6. The van der Waals surface area contributed by atoms with E-state index in [9.17, 15) is 0 Å². The average molecular weight is 641 g/mol. The van der Waals surface area contributed by atoms with Crippen molar-refractivity contribution in [3.8, 4) is 45.3 Å². The number of aromatic nitrogens is 6. The first-order chi connectivity index (χ1) is 24.8. The summed E-state index contributed by atoms with van der Waals surface area (Å²) in [4.78, 5) is 19.4. The largest absolute Gasteiger partial charge is 0.309 e. The second-order valence-corrected chi connectivity index (χ2v) is 12.4. The van der Waals surface area contributed by atoms with E-state index in [1.165, 1.54) is 21.8 Å². The lowest BCUT2D eigenvalue weighted by atomic mass is 10.0. The Bertz CT molecular complexity index is 2800. The van der Waals surface area contributed by atoms with E-state index in [1.807, 2.05) is 42.6 Å². The molecule has 0 atom stereocenters. The van der Waals surface area contributed by atoms with Gasteiger partial charge in [-0.3, -0.25) is 14.5 Å². The van der Waals surface area contributed by atoms with Crippen LogP contribution in [0.4, 0.5) is 0 Å². The molecule has 10 rings (SSSR count). The number of rotatable bonds is 5. The Labute approximate surface area is 287 Å². The summed E-state index contributed by atoms with van der Waals surface area (Å²) in [6, 6.07) is 52.7. The lowest BCUT2D eigenvalue weighted by Crippen LogP contribution is -2.00. The van der Waals surface area contributed by atoms with Crippen molar-refractivity contribution in [1.29, 1.82) is 0 Å². The summed E-state index contributed by atoms with van der Waals surface area (Å²) in [5, 5.41) is 4.66. The molecule has 0 saturated carbocycles. The van der Waals surface area contributed by atoms with Crippen LogP contribution in [0.1, 0.15) is 0 Å². The number of para-hydroxylation sites is 3. The SMILES string of the molecule is c1ccc(-n2c3ccccc3c3cc(-c4cnc5c(c4)c4ccccc4n5-c4cc(-c5ccccn5)nc(-c5ccccn5)c4)ccc32)cc1. The zero-order chi connectivity index (χ0) is 33.0. The van der Waals surface area contributed by atoms with Gasteiger partial charge in [-0.1, -0.05) is 72.8 Å². The first-order valence-corrected chi connectivity index (χ1v) is 16.6. The monoisotopic (exact) mass is 640 g/mol. The third-order valence-electron chi connectivity index (χ3n) is 9.46. The molecule has 10 aromatic rings. The fourth-order valence-corrected chi connectivity index (χ4v) is 7.21. The molecule has 0 fully saturated rings. The van der Waals surface area contributed by atoms with Crippen LogP contribution in [-0.4, -0.2) is 29.1 Å². The van der Waals surface area contributed by atoms with E-state index in [0.717, 1.165) is 67.2 Å². The Balaban J connectivity index is 1.17. The summed E-state index contributed by atoms with van der Waals surface area (Å²) in [6.07, 6.45) is 5.59. The van der Waals surface area contributed by atoms with Gasteiger partial charge < -0.3 is 4.57 Å². The summed E-state index contributed by atoms with van der Waals surface area (Å²) >= 11 is 0. The highest BCUT2D eigenvalue weighted by molar-refractivity contribution is 6.12. The van der Waals surface area contributed by atoms with E-state index >= 15 is 0 Å². The van der Waals surface area contributed by atoms with Gasteiger partial charge in [-0.05, 0) is 84.4 Å². The van der Waals surface area contributed by atoms with Crippen LogP contribution in [0.3, 0.4) is 0 Å². The number of pyridine rings is 4. The maximum Gasteiger partial charge on any atom is 0.145 e. The lowest BCUT2D eigenvalue weighted by Gasteiger charge is -2.12. The first kappa shape index (κ1) is 28.1. The Morgan fingerprint density at radius 2 is 0.940 bits per heavy atom. The Morgan fingerprint density at radius 1 is 0.360 bits per heavy atom. The van der Waals surface area contributed by atoms with Gasteiger partial charge in [-0.15, -0.1) is 0 Å². The minimum atomic E-state index is 0.772. The van der Waals surface area contributed by atoms with Crippen LogP contribution in [-0.2, 0) is 0 Å². The molecule has 0 unspecified atom stereocenters. The number of hydrogen-bond acceptors (Lipinski definition) is 4. The van der Waals surface area contributed by atoms with Crippen molar-refractivity contribution < 1.29 is 0 Å². The lowest BCUT2D eigenvalue weighted by molar-refractivity contribution is 1.11. The minimum Gasteiger partial charge on any atom is -0.309 e. The molecule has 0 aliphatic rings. The van der Waals surface area contributed by atoms with Gasteiger partial charge in [0, 0.05) is 51.4 Å². The fourth-order valence-electron chi connectivity index (χ4n) is 7.21. The van der Waals surface area contributed by atoms with Crippen molar-refractivity contribution in [2.24, 2.45) is 0 Å². The van der Waals surface area contributed by atoms with Crippen molar-refractivity contribution in [1.82, 2.24) is 29.1 Å². The summed E-state index contributed by atoms with van der Waals surface area (Å²) in [6.45, 7) is 0. The van der Waals surface area contributed by atoms with Crippen LogP contribution in [0.15, 0.2) is 170 Å². The normalized spacial score (nSPS) is 11.6. The van der Waals surface area contributed by atoms with E-state index in [2.05, 4.69) is 134 Å². The smallest absolute Gasteiger partial charge is 0.145 e. The van der Waals surface area contributed by atoms with Gasteiger partial charge in [-0.2, -0.15) is 0 Å². The standard InChI is InChI=1S/C44H28N6/c1-2-12-31(13-3-1)49-41-18-6-4-14-33(41)35-24-29(20-21-43(35)49)30-25-36-34-15-5-7-19-42(34)50(44(36)47-28-30)32-26-39(37-16-8-10-22-45-37)48-40(27-32)38-17-9-11-23-46-38/h1-28H. The molecule has 6 nitrogen and oxygen atoms in total. The van der Waals surface area contributed by atoms with Gasteiger partial charge in [0.2, 0.25) is 0 Å². The Kier molecular flexibility index (Phi) is 6.39. The highest BCUT2D eigenvalue weighted by Gasteiger charge is 2.18. The molecule has 0 spiro atoms. The molecule has 0 amide bonds. The summed E-state index contributed by atoms with van der Waals surface area (Å²) < 4.78 is 4.57. The van der Waals surface area contributed by atoms with Gasteiger partial charge in [-0.25, -0.2) is 9.97 Å². The molecule has 0 saturated heterocycles. The van der Waals surface area contributed by atoms with E-state index < -0.39 is 0 Å². The first-order valence-electron chi connectivity index (χ1n) is 16.6. The predicted octanol–water partition coefficient (Wildman–Crippen LogP) is 10.5. The second kappa shape index (κ2) is 11.4. The van der Waals surface area contributed by atoms with Crippen molar-refractivity contribution in [2.75, 3.05) is 0 Å². The molecular formula is C44H28N6. The number of fused-ring (bicyclic) bond motifs is 6. The molecule has 0 aliphatic carbocycles. The average Bonchev–Trinajstić information content (AvgIpc) is 3.71. The van der Waals surface area contributed by atoms with Crippen LogP contribution < -0.4 is 0 Å². The van der Waals surface area contributed by atoms with Crippen molar-refractivity contribution >= 4 is 43.7 Å². The Hall–Kier alpha value is -6.92. The molecule has 4 aromatic carbocycles. The quantitative estimate of drug-likeness (QED) is 0.188. The fraction of sp³-hybridized carbons (Fsp3) is 0. The molecule has 0 bridgehead atoms. The molecule has 234 valence electrons. The van der Waals surface area contributed by atoms with Crippen molar-refractivity contribution in [2.45, 2.75) is 0 Å². The van der Waals surface area contributed by atoms with Crippen molar-refractivity contribution in [3.63, 3.8) is 0 Å². The van der Waals surface area contributed by atoms with Crippen LogP contribution in [0.2, 0.25) is 0 Å². The Morgan fingerprint density at radius 3 is 1.62 bits per heavy atom. The van der Waals surface area contributed by atoms with Crippen LogP contribution in [0, 0.1) is 0 Å². The number of benzene rings is 4. The highest BCUT2D eigenvalue weighted by atomic mass is 15.1. The van der Waals surface area contributed by atoms with Crippen LogP contribution in [0.5, 0.6) is 0 Å². The summed E-state index contributed by atoms with van der Waals surface area (Å²) in [5.74, 6) is 0. The maximum absolute atomic E-state index is 5.18. The minimum absolute atomic E-state index is 0.772. The van der Waals surface area contributed by atoms with Gasteiger partial charge >= 0.3 is 0 Å². The van der Waals surface area contributed by atoms with Crippen LogP contribution in [0.25, 0.3) is 89.0 Å². The molecular weight excluding hydrogens is 613 g/mol. The molecule has 6 heterocycles. The van der Waals surface area contributed by atoms with E-state index in [0.29, 0.717) is 0 Å². The zero-order valence-electron chi connectivity index (χ0n) is 26.8. The topological polar surface area (TPSA) is 61.4 Å². The zero-order valence-corrected chi connectivity index (χ0v) is 26.8. The van der Waals surface area contributed by atoms with E-state index in [1.54, 1.807) is 12.4 Å². The molecule has 0 radical (unpaired) electrons. The molecule has 6 heteroatoms. The van der Waals surface area contributed by atoms with Gasteiger partial charge in [0.1, 0.15) is 5.65 Å². The summed E-state index contributed by atoms with van der Waals surface area (Å²) in [5.41, 5.74) is 11.7. The molecule has 0 aliphatic heterocycles. The third-order valence-corrected chi connectivity index (χ3v) is 9.46. The third kappa shape index (κ3) is 4.50. The second-order valence-electron chi connectivity index (χ2n) is 12.4. The van der Waals surface area contributed by atoms with Gasteiger partial charge in [0.15, 0.2) is 0 Å². The molecule has 6 aromatic heterocycles. The van der Waals surface area contributed by atoms with Crippen molar-refractivity contribution in [3.05, 3.63) is 170 Å². The molecule has 0 N–H and O–H groups in total. The molecule has 50 heavy (non-hydrogen) atoms. The van der Waals surface area contributed by atoms with Gasteiger partial charge in [0.25, 0.3) is 0 Å². The highest BCUT2D eigenvalue weighted by Crippen LogP contribution is 2.38. The van der Waals surface area contributed by atoms with E-state index in [4.69, 9.17) is 9.97 Å². The van der Waals surface area contributed by atoms with Crippen LogP contribution >= 0.6 is 0 Å². The number of hydrogen-bond donors (Lipinski definition) is 0. The van der Waals surface area contributed by atoms with E-state index in [-0.39, 0.29) is 0 Å². The summed E-state index contributed by atoms with van der Waals surface area (Å²) in [7, 11) is 0. The maximum atomic E-state index is 5.18. The predicted molar refractivity (Wildman–Crippen MR) is 203 cm³/mol. The van der Waals surface area contributed by atoms with Gasteiger partial charge in [0.05, 0.1) is 45.0 Å².